The maximum absolute atomic E-state index is 13.5. The number of nitrogens with zero attached hydrogens (tertiary/aromatic N) is 6. The van der Waals surface area contributed by atoms with Crippen molar-refractivity contribution < 1.29 is 43.2 Å². The van der Waals surface area contributed by atoms with Crippen LogP contribution in [-0.4, -0.2) is 81.7 Å². The van der Waals surface area contributed by atoms with E-state index in [1.54, 1.807) is 0 Å². The number of β-lactam (4-membered cyclic amide) rings is 1. The summed E-state index contributed by atoms with van der Waals surface area (Å²) < 4.78 is 18.8. The van der Waals surface area contributed by atoms with Crippen molar-refractivity contribution >= 4 is 57.9 Å². The SMILES string of the molecule is CC(C)(O/N=C(\C(=O)N[C@@H]1C(=O)N2C(C(=O)O)=C(C[n+]3cncc(F)c3)CSC12)c1nsc(N)n1)C(=O)O. The number of thioether (sulfide) groups is 1. The van der Waals surface area contributed by atoms with Gasteiger partial charge in [0.1, 0.15) is 29.9 Å². The summed E-state index contributed by atoms with van der Waals surface area (Å²) in [7, 11) is 0. The summed E-state index contributed by atoms with van der Waals surface area (Å²) in [6, 6.07) is -1.14. The number of amides is 2. The number of nitrogens with two attached hydrogens (primary N) is 1. The molecule has 0 radical (unpaired) electrons. The number of carboxylic acid groups (broad SMARTS) is 2. The molecule has 1 saturated heterocycles. The summed E-state index contributed by atoms with van der Waals surface area (Å²) in [5, 5.41) is 24.4. The Morgan fingerprint density at radius 3 is 2.74 bits per heavy atom. The molecule has 0 bridgehead atoms. The van der Waals surface area contributed by atoms with E-state index in [4.69, 9.17) is 10.6 Å². The van der Waals surface area contributed by atoms with Crippen molar-refractivity contribution in [2.75, 3.05) is 11.5 Å². The van der Waals surface area contributed by atoms with Gasteiger partial charge in [-0.15, -0.1) is 11.8 Å². The first kappa shape index (κ1) is 26.9. The maximum atomic E-state index is 13.5. The predicted molar refractivity (Wildman–Crippen MR) is 128 cm³/mol. The summed E-state index contributed by atoms with van der Waals surface area (Å²) in [4.78, 5) is 63.1. The summed E-state index contributed by atoms with van der Waals surface area (Å²) in [5.41, 5.74) is 3.34. The number of aliphatic carboxylic acids is 2. The third kappa shape index (κ3) is 5.25. The molecule has 0 spiro atoms. The molecule has 2 aromatic heterocycles. The number of carbonyl (C=O) groups is 4. The van der Waals surface area contributed by atoms with Gasteiger partial charge in [0.15, 0.2) is 11.3 Å². The fraction of sp³-hybridized carbons (Fsp3) is 0.350. The molecule has 200 valence electrons. The van der Waals surface area contributed by atoms with Crippen LogP contribution in [0.4, 0.5) is 9.52 Å². The van der Waals surface area contributed by atoms with E-state index in [9.17, 15) is 33.8 Å². The van der Waals surface area contributed by atoms with E-state index in [0.29, 0.717) is 5.57 Å². The first-order valence-corrected chi connectivity index (χ1v) is 12.5. The molecule has 1 fully saturated rings. The van der Waals surface area contributed by atoms with Crippen LogP contribution < -0.4 is 15.6 Å². The number of aromatic nitrogens is 4. The Kier molecular flexibility index (Phi) is 7.27. The number of hydrogen-bond donors (Lipinski definition) is 4. The second kappa shape index (κ2) is 10.3. The van der Waals surface area contributed by atoms with Crippen LogP contribution in [0.1, 0.15) is 19.7 Å². The minimum atomic E-state index is -1.80. The second-order valence-electron chi connectivity index (χ2n) is 8.50. The number of fused-ring (bicyclic) bond motifs is 1. The Balaban J connectivity index is 1.55. The fourth-order valence-corrected chi connectivity index (χ4v) is 5.22. The molecule has 18 heteroatoms. The Bertz CT molecular complexity index is 1390. The number of rotatable bonds is 9. The zero-order valence-corrected chi connectivity index (χ0v) is 21.3. The van der Waals surface area contributed by atoms with Crippen molar-refractivity contribution in [1.82, 2.24) is 24.6 Å². The zero-order chi connectivity index (χ0) is 27.8. The van der Waals surface area contributed by atoms with Crippen molar-refractivity contribution in [1.29, 1.82) is 0 Å². The number of halogens is 1. The topological polar surface area (TPSA) is 214 Å². The van der Waals surface area contributed by atoms with Gasteiger partial charge in [-0.3, -0.25) is 14.5 Å². The average Bonchev–Trinajstić information content (AvgIpc) is 3.27. The van der Waals surface area contributed by atoms with E-state index in [-0.39, 0.29) is 29.0 Å². The van der Waals surface area contributed by atoms with E-state index >= 15 is 0 Å². The molecule has 0 aromatic carbocycles. The quantitative estimate of drug-likeness (QED) is 0.124. The Morgan fingerprint density at radius 1 is 1.39 bits per heavy atom. The van der Waals surface area contributed by atoms with Gasteiger partial charge in [-0.2, -0.15) is 13.7 Å². The molecule has 2 atom stereocenters. The molecule has 38 heavy (non-hydrogen) atoms. The molecule has 0 aliphatic carbocycles. The van der Waals surface area contributed by atoms with Crippen LogP contribution in [0.3, 0.4) is 0 Å². The number of anilines is 1. The van der Waals surface area contributed by atoms with Crippen molar-refractivity contribution in [2.24, 2.45) is 5.16 Å². The van der Waals surface area contributed by atoms with Crippen LogP contribution in [0.5, 0.6) is 0 Å². The van der Waals surface area contributed by atoms with Crippen molar-refractivity contribution in [3.8, 4) is 0 Å². The molecule has 0 saturated carbocycles. The molecule has 4 heterocycles. The molecule has 2 aliphatic rings. The molecule has 2 amide bonds. The monoisotopic (exact) mass is 567 g/mol. The highest BCUT2D eigenvalue weighted by Gasteiger charge is 2.54. The van der Waals surface area contributed by atoms with Gasteiger partial charge in [0, 0.05) is 22.9 Å². The number of carbonyl (C=O) groups excluding carboxylic acids is 2. The highest BCUT2D eigenvalue weighted by Crippen LogP contribution is 2.40. The van der Waals surface area contributed by atoms with Gasteiger partial charge in [-0.25, -0.2) is 14.2 Å². The minimum absolute atomic E-state index is 0.00172. The third-order valence-electron chi connectivity index (χ3n) is 5.36. The highest BCUT2D eigenvalue weighted by molar-refractivity contribution is 8.00. The molecule has 5 N–H and O–H groups in total. The minimum Gasteiger partial charge on any atom is -0.478 e. The normalized spacial score (nSPS) is 19.5. The Hall–Kier alpha value is -4.19. The Labute approximate surface area is 221 Å². The number of hydrogen-bond acceptors (Lipinski definition) is 12. The number of nitrogens with one attached hydrogen (secondary N) is 1. The lowest BCUT2D eigenvalue weighted by atomic mass is 10.0. The van der Waals surface area contributed by atoms with E-state index in [1.165, 1.54) is 36.5 Å². The van der Waals surface area contributed by atoms with Gasteiger partial charge in [-0.1, -0.05) is 10.1 Å². The van der Waals surface area contributed by atoms with Gasteiger partial charge in [0.05, 0.1) is 0 Å². The molecular weight excluding hydrogens is 547 g/mol. The van der Waals surface area contributed by atoms with Gasteiger partial charge >= 0.3 is 11.9 Å². The fourth-order valence-electron chi connectivity index (χ4n) is 3.45. The number of oxime groups is 1. The lowest BCUT2D eigenvalue weighted by molar-refractivity contribution is -0.693. The molecule has 2 aromatic rings. The summed E-state index contributed by atoms with van der Waals surface area (Å²) in [6.07, 6.45) is 3.47. The van der Waals surface area contributed by atoms with Crippen LogP contribution in [0.25, 0.3) is 0 Å². The molecule has 15 nitrogen and oxygen atoms in total. The summed E-state index contributed by atoms with van der Waals surface area (Å²) >= 11 is 1.95. The van der Waals surface area contributed by atoms with Gasteiger partial charge in [-0.05, 0) is 13.8 Å². The average molecular weight is 568 g/mol. The summed E-state index contributed by atoms with van der Waals surface area (Å²) in [6.45, 7) is 2.40. The zero-order valence-electron chi connectivity index (χ0n) is 19.7. The summed E-state index contributed by atoms with van der Waals surface area (Å²) in [5.74, 6) is -5.07. The molecule has 4 rings (SSSR count). The van der Waals surface area contributed by atoms with E-state index < -0.39 is 52.3 Å². The van der Waals surface area contributed by atoms with E-state index in [0.717, 1.165) is 28.8 Å². The van der Waals surface area contributed by atoms with Crippen LogP contribution >= 0.6 is 23.3 Å². The smallest absolute Gasteiger partial charge is 0.352 e. The van der Waals surface area contributed by atoms with Crippen LogP contribution in [0.2, 0.25) is 0 Å². The third-order valence-corrected chi connectivity index (χ3v) is 7.24. The van der Waals surface area contributed by atoms with Gasteiger partial charge in [0.25, 0.3) is 18.1 Å². The second-order valence-corrected chi connectivity index (χ2v) is 10.4. The molecule has 2 aliphatic heterocycles. The number of carboxylic acids is 2. The maximum Gasteiger partial charge on any atom is 0.352 e. The van der Waals surface area contributed by atoms with Gasteiger partial charge in [0.2, 0.25) is 23.0 Å². The standard InChI is InChI=1S/C20H19FN8O7S2/c1-20(2,18(34)35)36-26-10(13-25-19(22)38-27-13)14(30)24-11-15(31)29-12(17(32)33)8(6-37-16(11)29)4-28-5-9(21)3-23-7-28/h3,5,7,11,16H,4,6H2,1-2H3,(H4-,22,24,25,27,30,32,33,34,35)/p+1/b26-10-/t11-,16?/m1/s1. The van der Waals surface area contributed by atoms with Crippen molar-refractivity contribution in [2.45, 2.75) is 37.4 Å². The van der Waals surface area contributed by atoms with E-state index in [2.05, 4.69) is 24.8 Å². The van der Waals surface area contributed by atoms with Crippen LogP contribution in [0, 0.1) is 5.82 Å². The van der Waals surface area contributed by atoms with Gasteiger partial charge < -0.3 is 26.1 Å². The highest BCUT2D eigenvalue weighted by atomic mass is 32.2. The van der Waals surface area contributed by atoms with Crippen LogP contribution in [0.15, 0.2) is 35.1 Å². The molecular formula is C20H20FN8O7S2+. The predicted octanol–water partition coefficient (Wildman–Crippen LogP) is -1.04. The molecule has 1 unspecified atom stereocenters. The van der Waals surface area contributed by atoms with Crippen LogP contribution in [-0.2, 0) is 30.6 Å². The number of nitrogen functional groups attached to an aromatic ring is 1. The lowest BCUT2D eigenvalue weighted by Crippen LogP contribution is -2.71. The Morgan fingerprint density at radius 2 is 2.13 bits per heavy atom. The largest absolute Gasteiger partial charge is 0.478 e. The van der Waals surface area contributed by atoms with E-state index in [1.807, 2.05) is 0 Å². The first-order valence-electron chi connectivity index (χ1n) is 10.7. The van der Waals surface area contributed by atoms with Crippen molar-refractivity contribution in [3.63, 3.8) is 0 Å². The van der Waals surface area contributed by atoms with Crippen molar-refractivity contribution in [3.05, 3.63) is 41.6 Å². The first-order chi connectivity index (χ1) is 17.9. The lowest BCUT2D eigenvalue weighted by Gasteiger charge is -2.49.